The average molecular weight is 233 g/mol. The molecule has 2 N–H and O–H groups in total. The summed E-state index contributed by atoms with van der Waals surface area (Å²) < 4.78 is 1.90. The number of aryl methyl sites for hydroxylation is 1. The highest BCUT2D eigenvalue weighted by molar-refractivity contribution is 5.48. The molecule has 0 spiro atoms. The third-order valence-corrected chi connectivity index (χ3v) is 4.66. The molecule has 3 heteroatoms. The van der Waals surface area contributed by atoms with Crippen molar-refractivity contribution in [3.05, 3.63) is 11.3 Å². The Morgan fingerprint density at radius 3 is 2.24 bits per heavy atom. The van der Waals surface area contributed by atoms with Crippen LogP contribution in [0.3, 0.4) is 0 Å². The summed E-state index contributed by atoms with van der Waals surface area (Å²) >= 11 is 0. The van der Waals surface area contributed by atoms with Crippen molar-refractivity contribution in [2.75, 3.05) is 5.73 Å². The van der Waals surface area contributed by atoms with E-state index in [1.165, 1.54) is 62.6 Å². The number of nitrogen functional groups attached to an aromatic ring is 1. The fraction of sp³-hybridized carbons (Fsp3) is 0.786. The fourth-order valence-corrected chi connectivity index (χ4v) is 3.37. The van der Waals surface area contributed by atoms with Crippen LogP contribution in [0.2, 0.25) is 0 Å². The normalized spacial score (nSPS) is 22.6. The molecule has 0 bridgehead atoms. The zero-order valence-electron chi connectivity index (χ0n) is 10.8. The van der Waals surface area contributed by atoms with Gasteiger partial charge in [-0.2, -0.15) is 5.10 Å². The van der Waals surface area contributed by atoms with Gasteiger partial charge < -0.3 is 5.73 Å². The minimum atomic E-state index is 0.683. The highest BCUT2D eigenvalue weighted by Crippen LogP contribution is 2.45. The second-order valence-corrected chi connectivity index (χ2v) is 5.77. The summed E-state index contributed by atoms with van der Waals surface area (Å²) in [6, 6.07) is 0. The van der Waals surface area contributed by atoms with Gasteiger partial charge >= 0.3 is 0 Å². The van der Waals surface area contributed by atoms with Crippen molar-refractivity contribution < 1.29 is 0 Å². The Hall–Kier alpha value is -0.990. The van der Waals surface area contributed by atoms with Gasteiger partial charge in [0.2, 0.25) is 0 Å². The van der Waals surface area contributed by atoms with E-state index in [2.05, 4.69) is 0 Å². The molecule has 1 heterocycles. The fourth-order valence-electron chi connectivity index (χ4n) is 3.37. The monoisotopic (exact) mass is 233 g/mol. The van der Waals surface area contributed by atoms with E-state index in [-0.39, 0.29) is 0 Å². The van der Waals surface area contributed by atoms with Crippen molar-refractivity contribution in [2.24, 2.45) is 7.05 Å². The molecule has 2 fully saturated rings. The van der Waals surface area contributed by atoms with Gasteiger partial charge in [-0.15, -0.1) is 0 Å². The first-order valence-corrected chi connectivity index (χ1v) is 7.09. The summed E-state index contributed by atoms with van der Waals surface area (Å²) in [7, 11) is 1.99. The molecule has 3 nitrogen and oxygen atoms in total. The highest BCUT2D eigenvalue weighted by Gasteiger charge is 2.31. The summed E-state index contributed by atoms with van der Waals surface area (Å²) in [4.78, 5) is 0. The maximum atomic E-state index is 6.22. The van der Waals surface area contributed by atoms with Crippen LogP contribution in [0.4, 0.5) is 5.82 Å². The van der Waals surface area contributed by atoms with Gasteiger partial charge in [0.15, 0.2) is 0 Å². The first-order chi connectivity index (χ1) is 8.27. The number of nitrogens with two attached hydrogens (primary N) is 1. The smallest absolute Gasteiger partial charge is 0.125 e. The van der Waals surface area contributed by atoms with Gasteiger partial charge in [-0.25, -0.2) is 0 Å². The molecule has 1 aromatic rings. The number of hydrogen-bond donors (Lipinski definition) is 1. The molecular weight excluding hydrogens is 210 g/mol. The Labute approximate surface area is 103 Å². The van der Waals surface area contributed by atoms with Gasteiger partial charge in [-0.1, -0.05) is 25.7 Å². The van der Waals surface area contributed by atoms with Crippen LogP contribution in [-0.2, 0) is 7.05 Å². The van der Waals surface area contributed by atoms with Crippen molar-refractivity contribution >= 4 is 5.82 Å². The first kappa shape index (κ1) is 11.1. The molecule has 3 rings (SSSR count). The second-order valence-electron chi connectivity index (χ2n) is 5.77. The van der Waals surface area contributed by atoms with Gasteiger partial charge in [-0.3, -0.25) is 4.68 Å². The van der Waals surface area contributed by atoms with Gasteiger partial charge in [0, 0.05) is 18.5 Å². The molecule has 0 amide bonds. The van der Waals surface area contributed by atoms with Gasteiger partial charge in [0.25, 0.3) is 0 Å². The van der Waals surface area contributed by atoms with Crippen molar-refractivity contribution in [1.82, 2.24) is 9.78 Å². The highest BCUT2D eigenvalue weighted by atomic mass is 15.3. The van der Waals surface area contributed by atoms with Crippen molar-refractivity contribution in [2.45, 2.75) is 63.2 Å². The van der Waals surface area contributed by atoms with Crippen LogP contribution in [0, 0.1) is 0 Å². The zero-order chi connectivity index (χ0) is 11.8. The van der Waals surface area contributed by atoms with Crippen LogP contribution >= 0.6 is 0 Å². The van der Waals surface area contributed by atoms with Crippen LogP contribution in [0.15, 0.2) is 0 Å². The predicted octanol–water partition coefficient (Wildman–Crippen LogP) is 3.32. The molecule has 0 aliphatic heterocycles. The van der Waals surface area contributed by atoms with Gasteiger partial charge in [-0.05, 0) is 31.6 Å². The third kappa shape index (κ3) is 1.85. The largest absolute Gasteiger partial charge is 0.384 e. The summed E-state index contributed by atoms with van der Waals surface area (Å²) in [5.41, 5.74) is 8.97. The number of aromatic nitrogens is 2. The molecule has 2 aliphatic carbocycles. The quantitative estimate of drug-likeness (QED) is 0.851. The summed E-state index contributed by atoms with van der Waals surface area (Å²) in [5, 5.41) is 4.73. The number of anilines is 1. The molecule has 1 aromatic heterocycles. The van der Waals surface area contributed by atoms with E-state index in [1.807, 2.05) is 11.7 Å². The van der Waals surface area contributed by atoms with E-state index in [1.54, 1.807) is 0 Å². The molecule has 0 saturated heterocycles. The second kappa shape index (κ2) is 4.35. The lowest BCUT2D eigenvalue weighted by Gasteiger charge is -2.28. The minimum Gasteiger partial charge on any atom is -0.384 e. The van der Waals surface area contributed by atoms with E-state index in [0.717, 1.165) is 5.82 Å². The van der Waals surface area contributed by atoms with Crippen LogP contribution < -0.4 is 5.73 Å². The van der Waals surface area contributed by atoms with E-state index < -0.39 is 0 Å². The first-order valence-electron chi connectivity index (χ1n) is 7.09. The molecule has 94 valence electrons. The van der Waals surface area contributed by atoms with Crippen molar-refractivity contribution in [1.29, 1.82) is 0 Å². The number of rotatable bonds is 2. The molecule has 0 aromatic carbocycles. The molecular formula is C14H23N3. The molecule has 0 radical (unpaired) electrons. The van der Waals surface area contributed by atoms with Crippen LogP contribution in [0.1, 0.15) is 74.5 Å². The molecule has 0 atom stereocenters. The van der Waals surface area contributed by atoms with E-state index in [0.29, 0.717) is 11.8 Å². The average Bonchev–Trinajstić information content (AvgIpc) is 2.57. The van der Waals surface area contributed by atoms with Crippen molar-refractivity contribution in [3.8, 4) is 0 Å². The third-order valence-electron chi connectivity index (χ3n) is 4.66. The van der Waals surface area contributed by atoms with Crippen LogP contribution in [0.5, 0.6) is 0 Å². The number of nitrogens with zero attached hydrogens (tertiary/aromatic N) is 2. The Balaban J connectivity index is 1.93. The topological polar surface area (TPSA) is 43.8 Å². The van der Waals surface area contributed by atoms with Crippen molar-refractivity contribution in [3.63, 3.8) is 0 Å². The lowest BCUT2D eigenvalue weighted by Crippen LogP contribution is -2.15. The number of hydrogen-bond acceptors (Lipinski definition) is 2. The van der Waals surface area contributed by atoms with E-state index in [4.69, 9.17) is 10.8 Å². The molecule has 2 saturated carbocycles. The minimum absolute atomic E-state index is 0.683. The lowest BCUT2D eigenvalue weighted by molar-refractivity contribution is 0.399. The Bertz CT molecular complexity index is 398. The lowest BCUT2D eigenvalue weighted by atomic mass is 9.76. The Morgan fingerprint density at radius 1 is 1.00 bits per heavy atom. The maximum absolute atomic E-state index is 6.22. The van der Waals surface area contributed by atoms with E-state index in [9.17, 15) is 0 Å². The standard InChI is InChI=1S/C14H23N3/c1-17-14(15)12(10-8-5-9-10)13(16-17)11-6-3-2-4-7-11/h10-11H,2-9,15H2,1H3. The predicted molar refractivity (Wildman–Crippen MR) is 70.0 cm³/mol. The summed E-state index contributed by atoms with van der Waals surface area (Å²) in [5.74, 6) is 2.32. The molecule has 17 heavy (non-hydrogen) atoms. The molecule has 0 unspecified atom stereocenters. The van der Waals surface area contributed by atoms with Gasteiger partial charge in [0.05, 0.1) is 5.69 Å². The summed E-state index contributed by atoms with van der Waals surface area (Å²) in [6.07, 6.45) is 10.8. The SMILES string of the molecule is Cn1nc(C2CCCCC2)c(C2CCC2)c1N. The molecule has 2 aliphatic rings. The van der Waals surface area contributed by atoms with Gasteiger partial charge in [0.1, 0.15) is 5.82 Å². The maximum Gasteiger partial charge on any atom is 0.125 e. The Kier molecular flexibility index (Phi) is 2.85. The van der Waals surface area contributed by atoms with Crippen LogP contribution in [0.25, 0.3) is 0 Å². The zero-order valence-corrected chi connectivity index (χ0v) is 10.8. The summed E-state index contributed by atoms with van der Waals surface area (Å²) in [6.45, 7) is 0. The van der Waals surface area contributed by atoms with E-state index >= 15 is 0 Å². The van der Waals surface area contributed by atoms with Crippen LogP contribution in [-0.4, -0.2) is 9.78 Å². The Morgan fingerprint density at radius 2 is 1.65 bits per heavy atom.